The fourth-order valence-corrected chi connectivity index (χ4v) is 2.48. The second kappa shape index (κ2) is 7.28. The molecule has 0 aliphatic carbocycles. The molecule has 2 N–H and O–H groups in total. The van der Waals surface area contributed by atoms with Crippen molar-refractivity contribution in [2.75, 3.05) is 0 Å². The zero-order valence-corrected chi connectivity index (χ0v) is 13.6. The highest BCUT2D eigenvalue weighted by Crippen LogP contribution is 2.30. The van der Waals surface area contributed by atoms with Crippen LogP contribution in [0.25, 0.3) is 11.3 Å². The molecule has 0 saturated heterocycles. The van der Waals surface area contributed by atoms with Crippen LogP contribution in [-0.2, 0) is 4.79 Å². The van der Waals surface area contributed by atoms with Gasteiger partial charge in [-0.2, -0.15) is 0 Å². The van der Waals surface area contributed by atoms with Gasteiger partial charge in [0.15, 0.2) is 0 Å². The number of nitrogens with one attached hydrogen (secondary N) is 1. The summed E-state index contributed by atoms with van der Waals surface area (Å²) in [6, 6.07) is 5.97. The molecule has 23 heavy (non-hydrogen) atoms. The van der Waals surface area contributed by atoms with Gasteiger partial charge < -0.3 is 14.9 Å². The molecule has 0 aliphatic heterocycles. The Morgan fingerprint density at radius 3 is 2.70 bits per heavy atom. The van der Waals surface area contributed by atoms with E-state index in [0.29, 0.717) is 34.9 Å². The van der Waals surface area contributed by atoms with Crippen LogP contribution >= 0.6 is 11.6 Å². The van der Waals surface area contributed by atoms with E-state index in [-0.39, 0.29) is 5.56 Å². The molecule has 0 fully saturated rings. The van der Waals surface area contributed by atoms with Gasteiger partial charge in [0.05, 0.1) is 5.02 Å². The average Bonchev–Trinajstić information content (AvgIpc) is 2.88. The maximum Gasteiger partial charge on any atom is 0.326 e. The Kier molecular flexibility index (Phi) is 5.39. The van der Waals surface area contributed by atoms with Gasteiger partial charge in [-0.1, -0.05) is 48.3 Å². The minimum atomic E-state index is -1.08. The number of nitrogens with zero attached hydrogens (tertiary/aromatic N) is 1. The second-order valence-corrected chi connectivity index (χ2v) is 5.50. The van der Waals surface area contributed by atoms with Crippen molar-refractivity contribution in [2.24, 2.45) is 0 Å². The molecule has 122 valence electrons. The standard InChI is InChI=1S/C16H17ClN2O4/c1-3-6-12(16(21)22)18-15(20)13-9(2)23-19-14(13)10-7-4-5-8-11(10)17/h4-5,7-8,12H,3,6H2,1-2H3,(H,18,20)(H,21,22). The molecule has 1 atom stereocenters. The molecular weight excluding hydrogens is 320 g/mol. The Labute approximate surface area is 138 Å². The number of carbonyl (C=O) groups is 2. The van der Waals surface area contributed by atoms with Crippen LogP contribution in [0.3, 0.4) is 0 Å². The number of amides is 1. The van der Waals surface area contributed by atoms with Gasteiger partial charge in [0, 0.05) is 5.56 Å². The summed E-state index contributed by atoms with van der Waals surface area (Å²) in [5.74, 6) is -1.31. The molecule has 0 aliphatic rings. The smallest absolute Gasteiger partial charge is 0.326 e. The Morgan fingerprint density at radius 1 is 1.39 bits per heavy atom. The summed E-state index contributed by atoms with van der Waals surface area (Å²) in [5.41, 5.74) is 1.05. The first kappa shape index (κ1) is 17.0. The highest BCUT2D eigenvalue weighted by Gasteiger charge is 2.26. The van der Waals surface area contributed by atoms with Crippen LogP contribution in [0, 0.1) is 6.92 Å². The number of hydrogen-bond acceptors (Lipinski definition) is 4. The van der Waals surface area contributed by atoms with Crippen LogP contribution in [0.4, 0.5) is 0 Å². The van der Waals surface area contributed by atoms with Crippen molar-refractivity contribution in [3.8, 4) is 11.3 Å². The van der Waals surface area contributed by atoms with Crippen molar-refractivity contribution in [1.82, 2.24) is 10.5 Å². The number of carboxylic acid groups (broad SMARTS) is 1. The second-order valence-electron chi connectivity index (χ2n) is 5.10. The maximum absolute atomic E-state index is 12.5. The normalized spacial score (nSPS) is 12.0. The van der Waals surface area contributed by atoms with E-state index < -0.39 is 17.9 Å². The summed E-state index contributed by atoms with van der Waals surface area (Å²) in [6.45, 7) is 3.44. The van der Waals surface area contributed by atoms with Crippen LogP contribution in [0.2, 0.25) is 5.02 Å². The Bertz CT molecular complexity index is 727. The molecule has 2 rings (SSSR count). The highest BCUT2D eigenvalue weighted by atomic mass is 35.5. The first-order chi connectivity index (χ1) is 11.0. The molecule has 6 nitrogen and oxygen atoms in total. The van der Waals surface area contributed by atoms with E-state index in [1.165, 1.54) is 0 Å². The Balaban J connectivity index is 2.37. The van der Waals surface area contributed by atoms with Crippen LogP contribution in [0.1, 0.15) is 35.9 Å². The Morgan fingerprint density at radius 2 is 2.09 bits per heavy atom. The van der Waals surface area contributed by atoms with E-state index in [1.54, 1.807) is 31.2 Å². The van der Waals surface area contributed by atoms with E-state index in [9.17, 15) is 14.7 Å². The van der Waals surface area contributed by atoms with Gasteiger partial charge in [-0.25, -0.2) is 4.79 Å². The summed E-state index contributed by atoms with van der Waals surface area (Å²) >= 11 is 6.14. The first-order valence-corrected chi connectivity index (χ1v) is 7.58. The van der Waals surface area contributed by atoms with Gasteiger partial charge in [0.1, 0.15) is 23.1 Å². The summed E-state index contributed by atoms with van der Waals surface area (Å²) in [4.78, 5) is 23.7. The van der Waals surface area contributed by atoms with E-state index in [2.05, 4.69) is 10.5 Å². The van der Waals surface area contributed by atoms with Crippen molar-refractivity contribution in [2.45, 2.75) is 32.7 Å². The molecule has 1 aromatic heterocycles. The largest absolute Gasteiger partial charge is 0.480 e. The van der Waals surface area contributed by atoms with Gasteiger partial charge in [0.2, 0.25) is 0 Å². The van der Waals surface area contributed by atoms with Gasteiger partial charge in [-0.3, -0.25) is 4.79 Å². The van der Waals surface area contributed by atoms with Crippen molar-refractivity contribution < 1.29 is 19.2 Å². The van der Waals surface area contributed by atoms with Gasteiger partial charge in [-0.05, 0) is 19.4 Å². The monoisotopic (exact) mass is 336 g/mol. The molecule has 1 unspecified atom stereocenters. The number of aliphatic carboxylic acids is 1. The minimum Gasteiger partial charge on any atom is -0.480 e. The summed E-state index contributed by atoms with van der Waals surface area (Å²) in [5, 5.41) is 16.0. The number of hydrogen-bond donors (Lipinski definition) is 2. The number of benzene rings is 1. The van der Waals surface area contributed by atoms with Crippen molar-refractivity contribution >= 4 is 23.5 Å². The molecule has 7 heteroatoms. The molecule has 2 aromatic rings. The molecule has 1 aromatic carbocycles. The van der Waals surface area contributed by atoms with Gasteiger partial charge >= 0.3 is 5.97 Å². The van der Waals surface area contributed by atoms with Crippen molar-refractivity contribution in [3.05, 3.63) is 40.6 Å². The van der Waals surface area contributed by atoms with Gasteiger partial charge in [0.25, 0.3) is 5.91 Å². The third kappa shape index (κ3) is 3.71. The first-order valence-electron chi connectivity index (χ1n) is 7.20. The minimum absolute atomic E-state index is 0.195. The zero-order valence-electron chi connectivity index (χ0n) is 12.8. The SMILES string of the molecule is CCCC(NC(=O)c1c(-c2ccccc2Cl)noc1C)C(=O)O. The third-order valence-electron chi connectivity index (χ3n) is 3.40. The number of halogens is 1. The lowest BCUT2D eigenvalue weighted by atomic mass is 10.0. The zero-order chi connectivity index (χ0) is 17.0. The fraction of sp³-hybridized carbons (Fsp3) is 0.312. The van der Waals surface area contributed by atoms with E-state index in [4.69, 9.17) is 16.1 Å². The van der Waals surface area contributed by atoms with Crippen molar-refractivity contribution in [1.29, 1.82) is 0 Å². The fourth-order valence-electron chi connectivity index (χ4n) is 2.25. The quantitative estimate of drug-likeness (QED) is 0.844. The number of rotatable bonds is 6. The topological polar surface area (TPSA) is 92.4 Å². The van der Waals surface area contributed by atoms with E-state index in [1.807, 2.05) is 6.92 Å². The molecule has 0 spiro atoms. The van der Waals surface area contributed by atoms with Crippen LogP contribution in [-0.4, -0.2) is 28.2 Å². The molecule has 0 bridgehead atoms. The number of carboxylic acids is 1. The molecule has 1 heterocycles. The van der Waals surface area contributed by atoms with Crippen LogP contribution in [0.5, 0.6) is 0 Å². The highest BCUT2D eigenvalue weighted by molar-refractivity contribution is 6.33. The lowest BCUT2D eigenvalue weighted by molar-refractivity contribution is -0.139. The lowest BCUT2D eigenvalue weighted by Gasteiger charge is -2.13. The number of aromatic nitrogens is 1. The number of aryl methyl sites for hydroxylation is 1. The Hall–Kier alpha value is -2.34. The van der Waals surface area contributed by atoms with Crippen LogP contribution < -0.4 is 5.32 Å². The average molecular weight is 337 g/mol. The predicted molar refractivity (Wildman–Crippen MR) is 85.5 cm³/mol. The number of carbonyl (C=O) groups excluding carboxylic acids is 1. The maximum atomic E-state index is 12.5. The van der Waals surface area contributed by atoms with Gasteiger partial charge in [-0.15, -0.1) is 0 Å². The van der Waals surface area contributed by atoms with Crippen LogP contribution in [0.15, 0.2) is 28.8 Å². The third-order valence-corrected chi connectivity index (χ3v) is 3.73. The molecule has 0 saturated carbocycles. The van der Waals surface area contributed by atoms with Crippen molar-refractivity contribution in [3.63, 3.8) is 0 Å². The summed E-state index contributed by atoms with van der Waals surface area (Å²) in [7, 11) is 0. The molecule has 0 radical (unpaired) electrons. The predicted octanol–water partition coefficient (Wildman–Crippen LogP) is 3.29. The molecule has 1 amide bonds. The molecular formula is C16H17ClN2O4. The van der Waals surface area contributed by atoms with E-state index in [0.717, 1.165) is 0 Å². The summed E-state index contributed by atoms with van der Waals surface area (Å²) < 4.78 is 5.11. The van der Waals surface area contributed by atoms with E-state index >= 15 is 0 Å². The summed E-state index contributed by atoms with van der Waals surface area (Å²) in [6.07, 6.45) is 0.976. The lowest BCUT2D eigenvalue weighted by Crippen LogP contribution is -2.40.